The van der Waals surface area contributed by atoms with Crippen LogP contribution >= 0.6 is 0 Å². The normalized spacial score (nSPS) is 23.0. The van der Waals surface area contributed by atoms with Crippen LogP contribution in [-0.2, 0) is 11.2 Å². The molecule has 1 aliphatic carbocycles. The number of benzene rings is 1. The fraction of sp³-hybridized carbons (Fsp3) is 0.632. The zero-order valence-electron chi connectivity index (χ0n) is 15.8. The molecule has 8 heteroatoms. The van der Waals surface area contributed by atoms with Crippen LogP contribution in [0, 0.1) is 5.92 Å². The van der Waals surface area contributed by atoms with Crippen molar-refractivity contribution < 1.29 is 24.7 Å². The van der Waals surface area contributed by atoms with Gasteiger partial charge in [0, 0.05) is 25.2 Å². The van der Waals surface area contributed by atoms with Crippen LogP contribution in [0.1, 0.15) is 37.7 Å². The van der Waals surface area contributed by atoms with Gasteiger partial charge in [-0.2, -0.15) is 0 Å². The van der Waals surface area contributed by atoms with Gasteiger partial charge in [0.1, 0.15) is 11.3 Å². The SMILES string of the molecule is CN(c1ccc2c(c1)CCO2)C1CC([C@@](N)(CCCCB(O)O)C(=O)O)C1. The molecule has 0 aromatic heterocycles. The lowest BCUT2D eigenvalue weighted by Gasteiger charge is -2.48. The minimum atomic E-state index is -1.35. The van der Waals surface area contributed by atoms with Crippen molar-refractivity contribution in [1.82, 2.24) is 0 Å². The molecular formula is C19H29BN2O5. The molecule has 1 aromatic carbocycles. The average Bonchev–Trinajstić information content (AvgIpc) is 3.04. The minimum Gasteiger partial charge on any atom is -0.493 e. The third-order valence-corrected chi connectivity index (χ3v) is 6.17. The second-order valence-electron chi connectivity index (χ2n) is 7.90. The second kappa shape index (κ2) is 8.08. The minimum absolute atomic E-state index is 0.0701. The number of nitrogens with zero attached hydrogens (tertiary/aromatic N) is 1. The predicted molar refractivity (Wildman–Crippen MR) is 104 cm³/mol. The number of carbonyl (C=O) groups is 1. The van der Waals surface area contributed by atoms with Crippen LogP contribution < -0.4 is 15.4 Å². The van der Waals surface area contributed by atoms with Crippen molar-refractivity contribution in [3.05, 3.63) is 23.8 Å². The largest absolute Gasteiger partial charge is 0.493 e. The first kappa shape index (κ1) is 20.0. The van der Waals surface area contributed by atoms with Gasteiger partial charge in [-0.1, -0.05) is 12.8 Å². The molecule has 1 saturated carbocycles. The number of anilines is 1. The highest BCUT2D eigenvalue weighted by molar-refractivity contribution is 6.40. The number of aliphatic carboxylic acids is 1. The number of nitrogens with two attached hydrogens (primary N) is 1. The Morgan fingerprint density at radius 3 is 2.78 bits per heavy atom. The second-order valence-corrected chi connectivity index (χ2v) is 7.90. The van der Waals surface area contributed by atoms with Crippen LogP contribution in [0.3, 0.4) is 0 Å². The maximum atomic E-state index is 11.8. The summed E-state index contributed by atoms with van der Waals surface area (Å²) in [6.45, 7) is 0.732. The van der Waals surface area contributed by atoms with Crippen molar-refractivity contribution in [2.45, 2.75) is 56.4 Å². The molecule has 0 radical (unpaired) electrons. The summed E-state index contributed by atoms with van der Waals surface area (Å²) in [6.07, 6.45) is 4.14. The molecule has 5 N–H and O–H groups in total. The zero-order valence-corrected chi connectivity index (χ0v) is 15.8. The van der Waals surface area contributed by atoms with Gasteiger partial charge in [0.2, 0.25) is 0 Å². The first-order valence-corrected chi connectivity index (χ1v) is 9.68. The summed E-state index contributed by atoms with van der Waals surface area (Å²) in [7, 11) is 0.696. The number of carboxylic acids is 1. The summed E-state index contributed by atoms with van der Waals surface area (Å²) in [5, 5.41) is 27.5. The highest BCUT2D eigenvalue weighted by Crippen LogP contribution is 2.42. The molecule has 7 nitrogen and oxygen atoms in total. The van der Waals surface area contributed by atoms with Gasteiger partial charge in [-0.25, -0.2) is 0 Å². The van der Waals surface area contributed by atoms with Crippen molar-refractivity contribution in [3.8, 4) is 5.75 Å². The summed E-state index contributed by atoms with van der Waals surface area (Å²) < 4.78 is 5.55. The molecule has 1 heterocycles. The maximum Gasteiger partial charge on any atom is 0.451 e. The van der Waals surface area contributed by atoms with E-state index in [9.17, 15) is 9.90 Å². The van der Waals surface area contributed by atoms with E-state index in [0.29, 0.717) is 19.3 Å². The third kappa shape index (κ3) is 4.23. The number of rotatable bonds is 9. The van der Waals surface area contributed by atoms with Crippen LogP contribution in [0.15, 0.2) is 18.2 Å². The van der Waals surface area contributed by atoms with Crippen LogP contribution in [0.5, 0.6) is 5.75 Å². The molecule has 0 bridgehead atoms. The van der Waals surface area contributed by atoms with E-state index in [4.69, 9.17) is 20.5 Å². The summed E-state index contributed by atoms with van der Waals surface area (Å²) in [5.74, 6) is -0.0782. The Balaban J connectivity index is 1.56. The Morgan fingerprint density at radius 2 is 2.11 bits per heavy atom. The van der Waals surface area contributed by atoms with Crippen LogP contribution in [0.25, 0.3) is 0 Å². The smallest absolute Gasteiger partial charge is 0.451 e. The lowest BCUT2D eigenvalue weighted by atomic mass is 9.65. The van der Waals surface area contributed by atoms with Crippen molar-refractivity contribution in [3.63, 3.8) is 0 Å². The number of unbranched alkanes of at least 4 members (excludes halogenated alkanes) is 1. The standard InChI is InChI=1S/C19H29BN2O5/c1-22(15-4-5-17-13(10-15)6-9-27-17)16-11-14(12-16)19(21,18(23)24)7-2-3-8-20(25)26/h4-5,10,14,16,25-26H,2-3,6-9,11-12,21H2,1H3,(H,23,24)/t14?,16?,19-/m0/s1. The summed E-state index contributed by atoms with van der Waals surface area (Å²) in [4.78, 5) is 14.0. The molecular weight excluding hydrogens is 347 g/mol. The topological polar surface area (TPSA) is 116 Å². The van der Waals surface area contributed by atoms with Gasteiger partial charge in [0.25, 0.3) is 0 Å². The Hall–Kier alpha value is -1.77. The number of hydrogen-bond donors (Lipinski definition) is 4. The van der Waals surface area contributed by atoms with Gasteiger partial charge < -0.3 is 30.5 Å². The molecule has 0 saturated heterocycles. The molecule has 1 aromatic rings. The molecule has 148 valence electrons. The Morgan fingerprint density at radius 1 is 1.37 bits per heavy atom. The molecule has 0 unspecified atom stereocenters. The monoisotopic (exact) mass is 376 g/mol. The quantitative estimate of drug-likeness (QED) is 0.379. The Kier molecular flexibility index (Phi) is 5.98. The van der Waals surface area contributed by atoms with Crippen molar-refractivity contribution >= 4 is 18.8 Å². The molecule has 1 aliphatic heterocycles. The van der Waals surface area contributed by atoms with E-state index in [1.165, 1.54) is 5.56 Å². The van der Waals surface area contributed by atoms with Crippen LogP contribution in [-0.4, -0.2) is 53.5 Å². The fourth-order valence-corrected chi connectivity index (χ4v) is 4.16. The summed E-state index contributed by atoms with van der Waals surface area (Å²) >= 11 is 0. The zero-order chi connectivity index (χ0) is 19.6. The van der Waals surface area contributed by atoms with E-state index >= 15 is 0 Å². The average molecular weight is 376 g/mol. The molecule has 0 spiro atoms. The molecule has 3 rings (SSSR count). The lowest BCUT2D eigenvalue weighted by molar-refractivity contribution is -0.147. The number of fused-ring (bicyclic) bond motifs is 1. The van der Waals surface area contributed by atoms with Crippen molar-refractivity contribution in [2.24, 2.45) is 11.7 Å². The van der Waals surface area contributed by atoms with Crippen molar-refractivity contribution in [2.75, 3.05) is 18.6 Å². The van der Waals surface area contributed by atoms with E-state index in [2.05, 4.69) is 11.0 Å². The summed E-state index contributed by atoms with van der Waals surface area (Å²) in [6, 6.07) is 6.48. The van der Waals surface area contributed by atoms with Gasteiger partial charge in [0.15, 0.2) is 0 Å². The van der Waals surface area contributed by atoms with E-state index in [1.54, 1.807) is 0 Å². The predicted octanol–water partition coefficient (Wildman–Crippen LogP) is 1.26. The number of carboxylic acid groups (broad SMARTS) is 1. The third-order valence-electron chi connectivity index (χ3n) is 6.17. The Bertz CT molecular complexity index is 680. The molecule has 1 atom stereocenters. The maximum absolute atomic E-state index is 11.8. The van der Waals surface area contributed by atoms with E-state index in [0.717, 1.165) is 37.3 Å². The van der Waals surface area contributed by atoms with Crippen molar-refractivity contribution in [1.29, 1.82) is 0 Å². The van der Waals surface area contributed by atoms with Gasteiger partial charge in [0.05, 0.1) is 6.61 Å². The Labute approximate surface area is 160 Å². The molecule has 27 heavy (non-hydrogen) atoms. The van der Waals surface area contributed by atoms with E-state index < -0.39 is 18.6 Å². The van der Waals surface area contributed by atoms with E-state index in [-0.39, 0.29) is 18.3 Å². The van der Waals surface area contributed by atoms with E-state index in [1.807, 2.05) is 19.2 Å². The number of hydrogen-bond acceptors (Lipinski definition) is 6. The lowest BCUT2D eigenvalue weighted by Crippen LogP contribution is -2.61. The van der Waals surface area contributed by atoms with Gasteiger partial charge >= 0.3 is 13.1 Å². The highest BCUT2D eigenvalue weighted by Gasteiger charge is 2.49. The van der Waals surface area contributed by atoms with Crippen LogP contribution in [0.2, 0.25) is 6.32 Å². The molecule has 0 amide bonds. The molecule has 1 fully saturated rings. The summed E-state index contributed by atoms with van der Waals surface area (Å²) in [5.41, 5.74) is 7.38. The number of ether oxygens (including phenoxy) is 1. The van der Waals surface area contributed by atoms with Gasteiger partial charge in [-0.15, -0.1) is 0 Å². The fourth-order valence-electron chi connectivity index (χ4n) is 4.16. The first-order valence-electron chi connectivity index (χ1n) is 9.68. The first-order chi connectivity index (χ1) is 12.8. The van der Waals surface area contributed by atoms with Gasteiger partial charge in [-0.05, 0) is 55.3 Å². The molecule has 2 aliphatic rings. The highest BCUT2D eigenvalue weighted by atomic mass is 16.5. The van der Waals surface area contributed by atoms with Gasteiger partial charge in [-0.3, -0.25) is 4.79 Å². The van der Waals surface area contributed by atoms with Crippen LogP contribution in [0.4, 0.5) is 5.69 Å².